The predicted molar refractivity (Wildman–Crippen MR) is 152 cm³/mol. The number of hydrogen-bond acceptors (Lipinski definition) is 8. The van der Waals surface area contributed by atoms with Gasteiger partial charge in [0.15, 0.2) is 18.3 Å². The molecule has 228 valence electrons. The van der Waals surface area contributed by atoms with Crippen molar-refractivity contribution in [3.05, 3.63) is 58.8 Å². The molecule has 1 amide bonds. The maximum Gasteiger partial charge on any atom is 0.329 e. The van der Waals surface area contributed by atoms with Crippen molar-refractivity contribution in [2.45, 2.75) is 77.0 Å². The van der Waals surface area contributed by atoms with E-state index in [-0.39, 0.29) is 22.1 Å². The SMILES string of the molecule is C[C@]12C=CC(=NOCC(=O)N[C@H](C(=O)O)[C@H](O)c3cccc([NH+]([O-])O)c3)C=C1CC[C@@H]1[C@H]2CC[C@@]2(C)[C@H]1CC[C@]2(C)O. The quantitative estimate of drug-likeness (QED) is 0.253. The smallest absolute Gasteiger partial charge is 0.329 e. The number of carbonyl (C=O) groups is 2. The van der Waals surface area contributed by atoms with Gasteiger partial charge in [0.25, 0.3) is 5.91 Å². The number of carboxylic acid groups (broad SMARTS) is 1. The minimum absolute atomic E-state index is 0.0383. The van der Waals surface area contributed by atoms with Gasteiger partial charge >= 0.3 is 5.97 Å². The monoisotopic (exact) mass is 583 g/mol. The number of aliphatic carboxylic acids is 1. The standard InChI is InChI=1S/C31H41N3O8/c1-29-12-9-20(16-19(29)7-8-22-23(29)10-13-30(2)24(22)11-14-31(30,3)39)33-42-17-25(35)32-26(28(37)38)27(36)18-5-4-6-21(15-18)34(40)41/h4-6,9,12,15-16,22-24,26-27,34,36,39-40H,7-8,10-11,13-14,17H2,1-3H3,(H,32,35)(H,37,38)/t22-,23-,24+,26+,27-,29+,30+,31+/m1/s1. The van der Waals surface area contributed by atoms with Crippen molar-refractivity contribution in [2.24, 2.45) is 33.7 Å². The molecule has 3 fully saturated rings. The van der Waals surface area contributed by atoms with E-state index >= 15 is 0 Å². The number of oxime groups is 1. The van der Waals surface area contributed by atoms with Crippen molar-refractivity contribution in [3.8, 4) is 0 Å². The Morgan fingerprint density at radius 3 is 2.64 bits per heavy atom. The Morgan fingerprint density at radius 2 is 1.93 bits per heavy atom. The highest BCUT2D eigenvalue weighted by Gasteiger charge is 2.62. The predicted octanol–water partition coefficient (Wildman–Crippen LogP) is 2.56. The first-order valence-electron chi connectivity index (χ1n) is 14.6. The number of carbonyl (C=O) groups excluding carboxylic acids is 1. The molecule has 1 aromatic rings. The van der Waals surface area contributed by atoms with Crippen LogP contribution in [-0.4, -0.2) is 56.4 Å². The number of rotatable bonds is 8. The lowest BCUT2D eigenvalue weighted by atomic mass is 9.47. The van der Waals surface area contributed by atoms with E-state index in [1.807, 2.05) is 19.1 Å². The lowest BCUT2D eigenvalue weighted by Crippen LogP contribution is -2.99. The molecule has 11 heteroatoms. The van der Waals surface area contributed by atoms with Gasteiger partial charge < -0.3 is 30.7 Å². The van der Waals surface area contributed by atoms with Crippen LogP contribution in [0.25, 0.3) is 0 Å². The van der Waals surface area contributed by atoms with Crippen molar-refractivity contribution in [3.63, 3.8) is 0 Å². The van der Waals surface area contributed by atoms with Crippen LogP contribution in [0.5, 0.6) is 0 Å². The number of fused-ring (bicyclic) bond motifs is 5. The normalized spacial score (nSPS) is 36.6. The number of nitrogens with one attached hydrogen (secondary N) is 2. The van der Waals surface area contributed by atoms with E-state index in [0.29, 0.717) is 23.5 Å². The molecule has 0 aromatic heterocycles. The Labute approximate surface area is 245 Å². The summed E-state index contributed by atoms with van der Waals surface area (Å²) in [5, 5.41) is 56.8. The molecule has 4 aliphatic rings. The van der Waals surface area contributed by atoms with E-state index < -0.39 is 41.5 Å². The second-order valence-corrected chi connectivity index (χ2v) is 13.0. The summed E-state index contributed by atoms with van der Waals surface area (Å²) in [6.45, 7) is 6.02. The first-order chi connectivity index (χ1) is 19.8. The van der Waals surface area contributed by atoms with Gasteiger partial charge in [0.1, 0.15) is 11.8 Å². The van der Waals surface area contributed by atoms with Crippen molar-refractivity contribution < 1.29 is 40.2 Å². The van der Waals surface area contributed by atoms with Gasteiger partial charge in [0.2, 0.25) is 0 Å². The Hall–Kier alpha value is -3.09. The highest BCUT2D eigenvalue weighted by Crippen LogP contribution is 2.66. The second-order valence-electron chi connectivity index (χ2n) is 13.0. The number of carboxylic acids is 1. The van der Waals surface area contributed by atoms with Crippen molar-refractivity contribution in [2.75, 3.05) is 6.61 Å². The molecule has 0 heterocycles. The fraction of sp³-hybridized carbons (Fsp3) is 0.581. The van der Waals surface area contributed by atoms with Crippen LogP contribution in [0.1, 0.15) is 71.0 Å². The number of quaternary nitrogens is 1. The third kappa shape index (κ3) is 5.28. The van der Waals surface area contributed by atoms with Crippen LogP contribution in [-0.2, 0) is 14.4 Å². The topological polar surface area (TPSA) is 176 Å². The van der Waals surface area contributed by atoms with E-state index in [2.05, 4.69) is 30.4 Å². The Bertz CT molecular complexity index is 1320. The lowest BCUT2D eigenvalue weighted by molar-refractivity contribution is -0.991. The molecule has 9 atom stereocenters. The van der Waals surface area contributed by atoms with Crippen molar-refractivity contribution >= 4 is 23.3 Å². The van der Waals surface area contributed by atoms with Gasteiger partial charge in [-0.05, 0) is 86.3 Å². The molecule has 42 heavy (non-hydrogen) atoms. The molecular weight excluding hydrogens is 542 g/mol. The van der Waals surface area contributed by atoms with E-state index in [9.17, 15) is 30.1 Å². The lowest BCUT2D eigenvalue weighted by Gasteiger charge is -2.58. The number of amides is 1. The zero-order valence-corrected chi connectivity index (χ0v) is 24.2. The summed E-state index contributed by atoms with van der Waals surface area (Å²) in [4.78, 5) is 29.5. The number of aliphatic hydroxyl groups is 2. The highest BCUT2D eigenvalue weighted by atomic mass is 16.8. The Morgan fingerprint density at radius 1 is 1.19 bits per heavy atom. The van der Waals surface area contributed by atoms with Crippen LogP contribution in [0.4, 0.5) is 5.69 Å². The number of aliphatic hydroxyl groups excluding tert-OH is 1. The van der Waals surface area contributed by atoms with Crippen LogP contribution in [0.2, 0.25) is 0 Å². The van der Waals surface area contributed by atoms with Gasteiger partial charge in [0.05, 0.1) is 5.60 Å². The number of benzene rings is 1. The molecule has 3 saturated carbocycles. The van der Waals surface area contributed by atoms with Crippen LogP contribution < -0.4 is 10.5 Å². The number of nitrogens with zero attached hydrogens (tertiary/aromatic N) is 1. The summed E-state index contributed by atoms with van der Waals surface area (Å²) in [5.41, 5.74) is 1.03. The van der Waals surface area contributed by atoms with Crippen LogP contribution in [0, 0.1) is 33.8 Å². The van der Waals surface area contributed by atoms with E-state index in [0.717, 1.165) is 44.6 Å². The molecule has 6 N–H and O–H groups in total. The van der Waals surface area contributed by atoms with Gasteiger partial charge in [0, 0.05) is 17.5 Å². The van der Waals surface area contributed by atoms with Gasteiger partial charge in [-0.25, -0.2) is 10.0 Å². The minimum atomic E-state index is -1.72. The molecule has 0 bridgehead atoms. The van der Waals surface area contributed by atoms with E-state index in [1.54, 1.807) is 0 Å². The molecule has 4 aliphatic carbocycles. The molecule has 11 nitrogen and oxygen atoms in total. The third-order valence-corrected chi connectivity index (χ3v) is 10.9. The fourth-order valence-electron chi connectivity index (χ4n) is 8.21. The maximum absolute atomic E-state index is 12.5. The maximum atomic E-state index is 12.5. The second kappa shape index (κ2) is 11.2. The van der Waals surface area contributed by atoms with Gasteiger partial charge in [-0.3, -0.25) is 4.79 Å². The molecule has 5 rings (SSSR count). The molecule has 0 aliphatic heterocycles. The van der Waals surface area contributed by atoms with Crippen LogP contribution >= 0.6 is 0 Å². The average Bonchev–Trinajstić information content (AvgIpc) is 3.19. The molecule has 0 spiro atoms. The minimum Gasteiger partial charge on any atom is -0.595 e. The summed E-state index contributed by atoms with van der Waals surface area (Å²) < 4.78 is 0. The Kier molecular flexibility index (Phi) is 8.10. The first-order valence-corrected chi connectivity index (χ1v) is 14.6. The molecule has 1 unspecified atom stereocenters. The molecule has 0 radical (unpaired) electrons. The third-order valence-electron chi connectivity index (χ3n) is 10.9. The number of hydrogen-bond donors (Lipinski definition) is 6. The summed E-state index contributed by atoms with van der Waals surface area (Å²) in [6, 6.07) is 3.52. The van der Waals surface area contributed by atoms with Crippen molar-refractivity contribution in [1.29, 1.82) is 0 Å². The zero-order valence-electron chi connectivity index (χ0n) is 24.2. The number of allylic oxidation sites excluding steroid dienone is 4. The van der Waals surface area contributed by atoms with Gasteiger partial charge in [-0.15, -0.1) is 0 Å². The van der Waals surface area contributed by atoms with Gasteiger partial charge in [-0.2, -0.15) is 5.23 Å². The fourth-order valence-corrected chi connectivity index (χ4v) is 8.21. The van der Waals surface area contributed by atoms with Gasteiger partial charge in [-0.1, -0.05) is 42.8 Å². The average molecular weight is 584 g/mol. The van der Waals surface area contributed by atoms with Crippen LogP contribution in [0.3, 0.4) is 0 Å². The molecule has 0 saturated heterocycles. The summed E-state index contributed by atoms with van der Waals surface area (Å²) in [6.07, 6.45) is 10.4. The van der Waals surface area contributed by atoms with E-state index in [4.69, 9.17) is 10.0 Å². The molecular formula is C31H41N3O8. The largest absolute Gasteiger partial charge is 0.595 e. The Balaban J connectivity index is 1.20. The first kappa shape index (κ1) is 30.4. The summed E-state index contributed by atoms with van der Waals surface area (Å²) in [7, 11) is 0. The van der Waals surface area contributed by atoms with E-state index in [1.165, 1.54) is 23.8 Å². The van der Waals surface area contributed by atoms with Crippen LogP contribution in [0.15, 0.2) is 53.2 Å². The highest BCUT2D eigenvalue weighted by molar-refractivity contribution is 6.05. The zero-order chi connectivity index (χ0) is 30.4. The van der Waals surface area contributed by atoms with Crippen molar-refractivity contribution in [1.82, 2.24) is 5.32 Å². The summed E-state index contributed by atoms with van der Waals surface area (Å²) in [5.74, 6) is -0.710. The summed E-state index contributed by atoms with van der Waals surface area (Å²) >= 11 is 0. The molecule has 1 aromatic carbocycles.